The van der Waals surface area contributed by atoms with E-state index in [1.807, 2.05) is 6.92 Å². The van der Waals surface area contributed by atoms with Gasteiger partial charge >= 0.3 is 0 Å². The first-order valence-electron chi connectivity index (χ1n) is 9.79. The Morgan fingerprint density at radius 3 is 2.50 bits per heavy atom. The Morgan fingerprint density at radius 2 is 1.73 bits per heavy atom. The minimum atomic E-state index is 0.330. The van der Waals surface area contributed by atoms with Crippen molar-refractivity contribution < 1.29 is 4.79 Å². The average molecular weight is 301 g/mol. The van der Waals surface area contributed by atoms with Crippen LogP contribution in [0.4, 0.5) is 0 Å². The molecule has 4 aliphatic carbocycles. The van der Waals surface area contributed by atoms with Gasteiger partial charge in [0.15, 0.2) is 0 Å². The zero-order chi connectivity index (χ0) is 15.5. The molecular weight excluding hydrogens is 268 g/mol. The third-order valence-corrected chi connectivity index (χ3v) is 8.89. The van der Waals surface area contributed by atoms with Crippen molar-refractivity contribution in [3.05, 3.63) is 6.42 Å². The van der Waals surface area contributed by atoms with E-state index in [0.29, 0.717) is 22.5 Å². The van der Waals surface area contributed by atoms with Crippen LogP contribution in [0.3, 0.4) is 0 Å². The number of fused-ring (bicyclic) bond motifs is 5. The highest BCUT2D eigenvalue weighted by atomic mass is 16.1. The predicted molar refractivity (Wildman–Crippen MR) is 90.2 cm³/mol. The first-order chi connectivity index (χ1) is 10.5. The molecule has 4 aliphatic rings. The molecule has 123 valence electrons. The standard InChI is InChI=1S/C21H33O/c1-14(22)17-9-10-18-16-8-7-15-6-4-5-12-20(15,2)19(16)11-13-21(17,18)3/h4,15-19H,5-13H2,1-3H3/t15?,16-,17+,18-,19-,20-,21+/m0/s1. The normalized spacial score (nSPS) is 54.2. The molecule has 0 N–H and O–H groups in total. The summed E-state index contributed by atoms with van der Waals surface area (Å²) in [7, 11) is 0. The second kappa shape index (κ2) is 5.08. The van der Waals surface area contributed by atoms with Gasteiger partial charge in [0, 0.05) is 5.92 Å². The number of ketones is 1. The van der Waals surface area contributed by atoms with Gasteiger partial charge in [0.05, 0.1) is 0 Å². The third kappa shape index (κ3) is 1.93. The molecular formula is C21H33O. The highest BCUT2D eigenvalue weighted by Crippen LogP contribution is 2.67. The molecule has 1 radical (unpaired) electrons. The van der Waals surface area contributed by atoms with Crippen molar-refractivity contribution in [2.24, 2.45) is 40.4 Å². The van der Waals surface area contributed by atoms with Crippen LogP contribution >= 0.6 is 0 Å². The van der Waals surface area contributed by atoms with Crippen LogP contribution in [0, 0.1) is 46.8 Å². The summed E-state index contributed by atoms with van der Waals surface area (Å²) in [5, 5.41) is 0. The second-order valence-electron chi connectivity index (χ2n) is 9.51. The van der Waals surface area contributed by atoms with Gasteiger partial charge in [-0.05, 0) is 106 Å². The SMILES string of the molecule is CC(=O)[C@H]1CC[C@H]2[C@@H]3CCC4C[CH]CC[C@]4(C)[C@H]3CC[C@]12C. The van der Waals surface area contributed by atoms with E-state index in [0.717, 1.165) is 23.7 Å². The highest BCUT2D eigenvalue weighted by Gasteiger charge is 2.60. The summed E-state index contributed by atoms with van der Waals surface area (Å²) < 4.78 is 0. The Morgan fingerprint density at radius 1 is 0.955 bits per heavy atom. The van der Waals surface area contributed by atoms with E-state index >= 15 is 0 Å². The maximum absolute atomic E-state index is 12.2. The average Bonchev–Trinajstić information content (AvgIpc) is 2.84. The number of carbonyl (C=O) groups is 1. The fraction of sp³-hybridized carbons (Fsp3) is 0.905. The summed E-state index contributed by atoms with van der Waals surface area (Å²) in [5.74, 6) is 4.49. The zero-order valence-electron chi connectivity index (χ0n) is 14.7. The second-order valence-corrected chi connectivity index (χ2v) is 9.51. The van der Waals surface area contributed by atoms with Crippen LogP contribution in [0.25, 0.3) is 0 Å². The molecule has 1 unspecified atom stereocenters. The molecule has 7 atom stereocenters. The number of rotatable bonds is 1. The molecule has 0 bridgehead atoms. The van der Waals surface area contributed by atoms with Crippen LogP contribution in [0.2, 0.25) is 0 Å². The molecule has 1 heteroatoms. The van der Waals surface area contributed by atoms with Crippen LogP contribution in [0.15, 0.2) is 0 Å². The van der Waals surface area contributed by atoms with Crippen LogP contribution in [0.5, 0.6) is 0 Å². The fourth-order valence-electron chi connectivity index (χ4n) is 7.71. The molecule has 4 saturated carbocycles. The van der Waals surface area contributed by atoms with E-state index in [1.54, 1.807) is 0 Å². The summed E-state index contributed by atoms with van der Waals surface area (Å²) in [6, 6.07) is 0. The van der Waals surface area contributed by atoms with Crippen LogP contribution < -0.4 is 0 Å². The Bertz CT molecular complexity index is 469. The molecule has 0 spiro atoms. The van der Waals surface area contributed by atoms with Crippen molar-refractivity contribution in [2.45, 2.75) is 78.6 Å². The first-order valence-corrected chi connectivity index (χ1v) is 9.79. The molecule has 4 rings (SSSR count). The van der Waals surface area contributed by atoms with Gasteiger partial charge < -0.3 is 0 Å². The van der Waals surface area contributed by atoms with Gasteiger partial charge in [-0.25, -0.2) is 0 Å². The lowest BCUT2D eigenvalue weighted by molar-refractivity contribution is -0.132. The maximum atomic E-state index is 12.2. The van der Waals surface area contributed by atoms with Crippen LogP contribution in [-0.2, 0) is 4.79 Å². The van der Waals surface area contributed by atoms with E-state index in [-0.39, 0.29) is 0 Å². The molecule has 4 fully saturated rings. The molecule has 0 amide bonds. The Labute approximate surface area is 136 Å². The Hall–Kier alpha value is -0.330. The zero-order valence-corrected chi connectivity index (χ0v) is 14.7. The van der Waals surface area contributed by atoms with Crippen molar-refractivity contribution in [3.8, 4) is 0 Å². The minimum absolute atomic E-state index is 0.330. The summed E-state index contributed by atoms with van der Waals surface area (Å²) in [5.41, 5.74) is 0.935. The molecule has 0 heterocycles. The minimum Gasteiger partial charge on any atom is -0.300 e. The molecule has 0 aromatic rings. The predicted octanol–water partition coefficient (Wildman–Crippen LogP) is 5.44. The molecule has 0 aromatic heterocycles. The molecule has 0 saturated heterocycles. The van der Waals surface area contributed by atoms with E-state index in [2.05, 4.69) is 20.3 Å². The lowest BCUT2D eigenvalue weighted by Gasteiger charge is -2.60. The Kier molecular flexibility index (Phi) is 3.51. The number of hydrogen-bond donors (Lipinski definition) is 0. The van der Waals surface area contributed by atoms with Gasteiger partial charge in [-0.15, -0.1) is 0 Å². The molecule has 1 nitrogen and oxygen atoms in total. The van der Waals surface area contributed by atoms with Gasteiger partial charge in [-0.3, -0.25) is 4.79 Å². The lowest BCUT2D eigenvalue weighted by Crippen LogP contribution is -2.53. The molecule has 0 aliphatic heterocycles. The number of Topliss-reactive ketones (excluding diaryl/α,β-unsaturated/α-hetero) is 1. The smallest absolute Gasteiger partial charge is 0.133 e. The van der Waals surface area contributed by atoms with Gasteiger partial charge in [-0.1, -0.05) is 13.8 Å². The van der Waals surface area contributed by atoms with Gasteiger partial charge in [0.2, 0.25) is 0 Å². The summed E-state index contributed by atoms with van der Waals surface area (Å²) in [6.45, 7) is 6.94. The van der Waals surface area contributed by atoms with Crippen molar-refractivity contribution in [1.29, 1.82) is 0 Å². The quantitative estimate of drug-likeness (QED) is 0.630. The highest BCUT2D eigenvalue weighted by molar-refractivity contribution is 5.79. The van der Waals surface area contributed by atoms with E-state index < -0.39 is 0 Å². The largest absolute Gasteiger partial charge is 0.300 e. The van der Waals surface area contributed by atoms with E-state index in [9.17, 15) is 4.79 Å². The van der Waals surface area contributed by atoms with Crippen molar-refractivity contribution >= 4 is 5.78 Å². The molecule has 22 heavy (non-hydrogen) atoms. The summed E-state index contributed by atoms with van der Waals surface area (Å²) >= 11 is 0. The fourth-order valence-corrected chi connectivity index (χ4v) is 7.71. The first kappa shape index (κ1) is 15.2. The Balaban J connectivity index is 1.63. The number of carbonyl (C=O) groups excluding carboxylic acids is 1. The summed E-state index contributed by atoms with van der Waals surface area (Å²) in [6.07, 6.45) is 14.8. The van der Waals surface area contributed by atoms with Crippen molar-refractivity contribution in [2.75, 3.05) is 0 Å². The lowest BCUT2D eigenvalue weighted by atomic mass is 9.45. The van der Waals surface area contributed by atoms with E-state index in [4.69, 9.17) is 0 Å². The van der Waals surface area contributed by atoms with Gasteiger partial charge in [0.1, 0.15) is 5.78 Å². The van der Waals surface area contributed by atoms with Gasteiger partial charge in [0.25, 0.3) is 0 Å². The van der Waals surface area contributed by atoms with Crippen molar-refractivity contribution in [1.82, 2.24) is 0 Å². The molecule has 0 aromatic carbocycles. The number of hydrogen-bond acceptors (Lipinski definition) is 1. The summed E-state index contributed by atoms with van der Waals surface area (Å²) in [4.78, 5) is 12.2. The van der Waals surface area contributed by atoms with Crippen LogP contribution in [-0.4, -0.2) is 5.78 Å². The monoisotopic (exact) mass is 301 g/mol. The topological polar surface area (TPSA) is 17.1 Å². The van der Waals surface area contributed by atoms with Gasteiger partial charge in [-0.2, -0.15) is 0 Å². The van der Waals surface area contributed by atoms with Crippen LogP contribution in [0.1, 0.15) is 78.6 Å². The third-order valence-electron chi connectivity index (χ3n) is 8.89. The van der Waals surface area contributed by atoms with E-state index in [1.165, 1.54) is 57.8 Å². The maximum Gasteiger partial charge on any atom is 0.133 e. The van der Waals surface area contributed by atoms with Crippen molar-refractivity contribution in [3.63, 3.8) is 0 Å².